The van der Waals surface area contributed by atoms with Crippen molar-refractivity contribution < 1.29 is 24.9 Å². The van der Waals surface area contributed by atoms with E-state index in [0.29, 0.717) is 40.8 Å². The predicted octanol–water partition coefficient (Wildman–Crippen LogP) is 8.34. The number of hydrogen-bond acceptors (Lipinski definition) is 4. The molecule has 7 rings (SSSR count). The molecule has 1 aromatic rings. The number of aliphatic carboxylic acids is 1. The zero-order valence-corrected chi connectivity index (χ0v) is 27.8. The molecule has 5 aliphatic carbocycles. The van der Waals surface area contributed by atoms with Crippen molar-refractivity contribution in [1.29, 1.82) is 0 Å². The van der Waals surface area contributed by atoms with Crippen LogP contribution >= 0.6 is 0 Å². The lowest BCUT2D eigenvalue weighted by molar-refractivity contribution is -0.240. The van der Waals surface area contributed by atoms with E-state index in [1.165, 1.54) is 44.9 Å². The fraction of sp³-hybridized carbons (Fsp3) is 0.816. The predicted molar refractivity (Wildman–Crippen MR) is 168 cm³/mol. The molecular formula is C38H56O5. The first-order valence-corrected chi connectivity index (χ1v) is 17.5. The summed E-state index contributed by atoms with van der Waals surface area (Å²) in [6.07, 6.45) is 12.7. The number of aromatic hydroxyl groups is 1. The van der Waals surface area contributed by atoms with Gasteiger partial charge in [0.15, 0.2) is 6.10 Å². The summed E-state index contributed by atoms with van der Waals surface area (Å²) >= 11 is 0. The van der Waals surface area contributed by atoms with Crippen LogP contribution in [0.1, 0.15) is 142 Å². The molecule has 6 aliphatic rings. The number of carboxylic acids is 1. The van der Waals surface area contributed by atoms with Gasteiger partial charge in [-0.15, -0.1) is 0 Å². The third kappa shape index (κ3) is 3.85. The van der Waals surface area contributed by atoms with Gasteiger partial charge >= 0.3 is 5.97 Å². The van der Waals surface area contributed by atoms with Crippen LogP contribution in [0, 0.1) is 45.3 Å². The monoisotopic (exact) mass is 592 g/mol. The van der Waals surface area contributed by atoms with Gasteiger partial charge in [-0.1, -0.05) is 54.0 Å². The van der Waals surface area contributed by atoms with Gasteiger partial charge in [0.05, 0.1) is 11.7 Å². The normalized spacial score (nSPS) is 48.8. The lowest BCUT2D eigenvalue weighted by Gasteiger charge is -2.69. The molecule has 1 saturated heterocycles. The van der Waals surface area contributed by atoms with E-state index >= 15 is 0 Å². The largest absolute Gasteiger partial charge is 0.508 e. The minimum absolute atomic E-state index is 0.0103. The van der Waals surface area contributed by atoms with E-state index in [9.17, 15) is 20.1 Å². The number of benzene rings is 1. The number of hydrogen-bond donors (Lipinski definition) is 3. The van der Waals surface area contributed by atoms with Crippen LogP contribution < -0.4 is 0 Å². The molecule has 5 unspecified atom stereocenters. The highest BCUT2D eigenvalue weighted by Crippen LogP contribution is 2.74. The Hall–Kier alpha value is -1.59. The van der Waals surface area contributed by atoms with Crippen molar-refractivity contribution in [2.45, 2.75) is 149 Å². The number of aliphatic hydroxyl groups excluding tert-OH is 1. The van der Waals surface area contributed by atoms with Crippen LogP contribution in [0.5, 0.6) is 5.75 Å². The Balaban J connectivity index is 1.24. The van der Waals surface area contributed by atoms with Crippen LogP contribution in [0.4, 0.5) is 0 Å². The van der Waals surface area contributed by atoms with E-state index in [1.54, 1.807) is 12.1 Å². The Kier molecular flexibility index (Phi) is 6.47. The van der Waals surface area contributed by atoms with Gasteiger partial charge in [0.25, 0.3) is 0 Å². The summed E-state index contributed by atoms with van der Waals surface area (Å²) in [7, 11) is 0. The minimum atomic E-state index is -1.57. The minimum Gasteiger partial charge on any atom is -0.508 e. The van der Waals surface area contributed by atoms with Crippen molar-refractivity contribution in [2.24, 2.45) is 45.3 Å². The van der Waals surface area contributed by atoms with E-state index in [1.807, 2.05) is 0 Å². The number of carbonyl (C=O) groups is 1. The Labute approximate surface area is 259 Å². The van der Waals surface area contributed by atoms with E-state index in [2.05, 4.69) is 48.5 Å². The molecule has 238 valence electrons. The van der Waals surface area contributed by atoms with Gasteiger partial charge in [-0.2, -0.15) is 0 Å². The molecule has 4 saturated carbocycles. The number of fused-ring (bicyclic) bond motifs is 10. The number of aliphatic hydroxyl groups is 1. The zero-order valence-electron chi connectivity index (χ0n) is 27.8. The first-order chi connectivity index (χ1) is 20.0. The number of carboxylic acid groups (broad SMARTS) is 1. The van der Waals surface area contributed by atoms with Crippen molar-refractivity contribution in [3.8, 4) is 5.75 Å². The van der Waals surface area contributed by atoms with E-state index in [4.69, 9.17) is 4.74 Å². The second-order valence-electron chi connectivity index (χ2n) is 18.0. The van der Waals surface area contributed by atoms with Gasteiger partial charge in [0.2, 0.25) is 0 Å². The molecule has 0 aromatic heterocycles. The van der Waals surface area contributed by atoms with Gasteiger partial charge in [-0.05, 0) is 151 Å². The first-order valence-electron chi connectivity index (χ1n) is 17.5. The molecule has 0 amide bonds. The summed E-state index contributed by atoms with van der Waals surface area (Å²) in [4.78, 5) is 11.9. The molecule has 0 radical (unpaired) electrons. The van der Waals surface area contributed by atoms with Gasteiger partial charge in [-0.3, -0.25) is 0 Å². The molecule has 5 fully saturated rings. The third-order valence-electron chi connectivity index (χ3n) is 15.7. The SMILES string of the molecule is CC1(C)CCC[C@]2(C)OC3CC[C@@]4(C)C(CC[C@]5(C)C4CC[C@]4(C)c6c(C(O)C(=O)O)ccc(O)c6CC54)[C@]3(C)CC[C@@H]12. The summed E-state index contributed by atoms with van der Waals surface area (Å²) in [5.41, 5.74) is 2.85. The molecule has 5 heteroatoms. The van der Waals surface area contributed by atoms with Crippen molar-refractivity contribution in [3.05, 3.63) is 28.8 Å². The van der Waals surface area contributed by atoms with Crippen molar-refractivity contribution in [1.82, 2.24) is 0 Å². The van der Waals surface area contributed by atoms with Gasteiger partial charge in [0, 0.05) is 0 Å². The van der Waals surface area contributed by atoms with Crippen molar-refractivity contribution >= 4 is 5.97 Å². The number of ether oxygens (including phenoxy) is 1. The maximum absolute atomic E-state index is 11.9. The molecule has 43 heavy (non-hydrogen) atoms. The van der Waals surface area contributed by atoms with Crippen LogP contribution in [0.15, 0.2) is 12.1 Å². The van der Waals surface area contributed by atoms with Gasteiger partial charge < -0.3 is 20.1 Å². The zero-order chi connectivity index (χ0) is 31.0. The maximum Gasteiger partial charge on any atom is 0.337 e. The molecule has 1 aliphatic heterocycles. The average Bonchev–Trinajstić information content (AvgIpc) is 3.18. The maximum atomic E-state index is 11.9. The fourth-order valence-electron chi connectivity index (χ4n) is 13.9. The van der Waals surface area contributed by atoms with E-state index in [0.717, 1.165) is 43.2 Å². The summed E-state index contributed by atoms with van der Waals surface area (Å²) in [6, 6.07) is 3.26. The van der Waals surface area contributed by atoms with Crippen LogP contribution in [0.25, 0.3) is 0 Å². The Morgan fingerprint density at radius 1 is 0.791 bits per heavy atom. The van der Waals surface area contributed by atoms with Gasteiger partial charge in [-0.25, -0.2) is 4.79 Å². The van der Waals surface area contributed by atoms with Crippen LogP contribution in [-0.2, 0) is 21.4 Å². The first kappa shape index (κ1) is 30.1. The van der Waals surface area contributed by atoms with Crippen molar-refractivity contribution in [2.75, 3.05) is 0 Å². The molecule has 0 bridgehead atoms. The van der Waals surface area contributed by atoms with E-state index < -0.39 is 12.1 Å². The smallest absolute Gasteiger partial charge is 0.337 e. The van der Waals surface area contributed by atoms with Crippen molar-refractivity contribution in [3.63, 3.8) is 0 Å². The molecule has 3 N–H and O–H groups in total. The molecule has 5 nitrogen and oxygen atoms in total. The van der Waals surface area contributed by atoms with Crippen LogP contribution in [0.2, 0.25) is 0 Å². The number of phenols is 1. The van der Waals surface area contributed by atoms with E-state index in [-0.39, 0.29) is 33.0 Å². The quantitative estimate of drug-likeness (QED) is 0.321. The molecular weight excluding hydrogens is 536 g/mol. The standard InChI is InChI=1S/C38H56O5/c1-33(2)15-8-16-38(7)25(33)11-18-36(5)27-12-17-35(4)26(34(27,3)20-14-29(36)43-38)13-19-37(6)28(35)21-23-24(39)10-9-22(30(23)37)31(40)32(41)42/h9-10,25-29,31,39-40H,8,11-21H2,1-7H3,(H,41,42)/t25-,26?,27?,28?,29?,31?,34+,35+,36-,37-,38-/m0/s1. The summed E-state index contributed by atoms with van der Waals surface area (Å²) in [5, 5.41) is 31.5. The van der Waals surface area contributed by atoms with Crippen LogP contribution in [-0.4, -0.2) is 33.0 Å². The second kappa shape index (κ2) is 9.24. The van der Waals surface area contributed by atoms with Gasteiger partial charge in [0.1, 0.15) is 5.75 Å². The number of rotatable bonds is 2. The highest BCUT2D eigenvalue weighted by atomic mass is 16.5. The fourth-order valence-corrected chi connectivity index (χ4v) is 13.9. The third-order valence-corrected chi connectivity index (χ3v) is 15.7. The number of phenolic OH excluding ortho intramolecular Hbond substituents is 1. The Bertz CT molecular complexity index is 1340. The highest BCUT2D eigenvalue weighted by molar-refractivity contribution is 5.76. The summed E-state index contributed by atoms with van der Waals surface area (Å²) < 4.78 is 7.40. The topological polar surface area (TPSA) is 87.0 Å². The average molecular weight is 593 g/mol. The lowest BCUT2D eigenvalue weighted by Crippen LogP contribution is -2.64. The molecule has 1 aromatic carbocycles. The summed E-state index contributed by atoms with van der Waals surface area (Å²) in [5.74, 6) is 1.19. The molecule has 1 heterocycles. The second-order valence-corrected chi connectivity index (χ2v) is 18.0. The Morgan fingerprint density at radius 2 is 1.40 bits per heavy atom. The lowest BCUT2D eigenvalue weighted by atomic mass is 9.36. The summed E-state index contributed by atoms with van der Waals surface area (Å²) in [6.45, 7) is 17.5. The Morgan fingerprint density at radius 3 is 2.12 bits per heavy atom. The molecule has 11 atom stereocenters. The van der Waals surface area contributed by atoms with Crippen LogP contribution in [0.3, 0.4) is 0 Å². The molecule has 0 spiro atoms. The highest BCUT2D eigenvalue weighted by Gasteiger charge is 2.69.